The van der Waals surface area contributed by atoms with Crippen molar-refractivity contribution in [2.75, 3.05) is 20.6 Å². The molecule has 0 aromatic carbocycles. The van der Waals surface area contributed by atoms with E-state index in [1.165, 1.54) is 0 Å². The van der Waals surface area contributed by atoms with Gasteiger partial charge in [0.15, 0.2) is 0 Å². The Morgan fingerprint density at radius 2 is 1.78 bits per heavy atom. The van der Waals surface area contributed by atoms with Crippen LogP contribution in [0.25, 0.3) is 0 Å². The minimum Gasteiger partial charge on any atom is -0.352 e. The number of hydrogen-bond acceptors (Lipinski definition) is 3. The minimum atomic E-state index is -0.400. The van der Waals surface area contributed by atoms with Crippen molar-refractivity contribution in [2.45, 2.75) is 53.1 Å². The second kappa shape index (κ2) is 7.10. The molecule has 0 rings (SSSR count). The van der Waals surface area contributed by atoms with Crippen LogP contribution in [0.15, 0.2) is 0 Å². The second-order valence-corrected chi connectivity index (χ2v) is 6.69. The average molecular weight is 257 g/mol. The molecule has 1 unspecified atom stereocenters. The van der Waals surface area contributed by atoms with Crippen molar-refractivity contribution in [3.05, 3.63) is 0 Å². The molecule has 0 radical (unpaired) electrons. The van der Waals surface area contributed by atoms with Gasteiger partial charge in [-0.3, -0.25) is 4.79 Å². The Morgan fingerprint density at radius 1 is 1.28 bits per heavy atom. The Balaban J connectivity index is 4.37. The quantitative estimate of drug-likeness (QED) is 0.726. The van der Waals surface area contributed by atoms with Gasteiger partial charge in [0.2, 0.25) is 5.91 Å². The maximum atomic E-state index is 12.0. The van der Waals surface area contributed by atoms with E-state index in [-0.39, 0.29) is 17.4 Å². The summed E-state index contributed by atoms with van der Waals surface area (Å²) in [6.45, 7) is 11.4. The van der Waals surface area contributed by atoms with Crippen LogP contribution < -0.4 is 11.1 Å². The molecular formula is C14H31N3O. The number of nitrogens with zero attached hydrogens (tertiary/aromatic N) is 1. The predicted molar refractivity (Wildman–Crippen MR) is 77.4 cm³/mol. The Kier molecular flexibility index (Phi) is 6.86. The maximum Gasteiger partial charge on any atom is 0.237 e. The van der Waals surface area contributed by atoms with Gasteiger partial charge in [-0.05, 0) is 38.8 Å². The number of hydrogen-bond donors (Lipinski definition) is 2. The van der Waals surface area contributed by atoms with E-state index >= 15 is 0 Å². The van der Waals surface area contributed by atoms with E-state index in [2.05, 4.69) is 37.9 Å². The first kappa shape index (κ1) is 17.4. The lowest BCUT2D eigenvalue weighted by Gasteiger charge is -2.35. The molecule has 0 bridgehead atoms. The van der Waals surface area contributed by atoms with E-state index in [4.69, 9.17) is 5.73 Å². The predicted octanol–water partition coefficient (Wildman–Crippen LogP) is 1.45. The fraction of sp³-hybridized carbons (Fsp3) is 0.929. The van der Waals surface area contributed by atoms with Crippen LogP contribution in [0.2, 0.25) is 0 Å². The molecule has 0 aliphatic carbocycles. The molecule has 1 amide bonds. The summed E-state index contributed by atoms with van der Waals surface area (Å²) in [6, 6.07) is -0.298. The molecular weight excluding hydrogens is 226 g/mol. The van der Waals surface area contributed by atoms with Gasteiger partial charge >= 0.3 is 0 Å². The molecule has 0 aromatic rings. The molecule has 18 heavy (non-hydrogen) atoms. The first-order valence-corrected chi connectivity index (χ1v) is 6.77. The fourth-order valence-electron chi connectivity index (χ4n) is 2.08. The molecule has 0 aromatic heterocycles. The van der Waals surface area contributed by atoms with E-state index in [1.807, 2.05) is 21.0 Å². The van der Waals surface area contributed by atoms with Gasteiger partial charge in [0.05, 0.1) is 6.04 Å². The molecule has 2 atom stereocenters. The van der Waals surface area contributed by atoms with E-state index in [1.54, 1.807) is 0 Å². The average Bonchev–Trinajstić information content (AvgIpc) is 2.13. The third kappa shape index (κ3) is 6.36. The Hall–Kier alpha value is -0.610. The van der Waals surface area contributed by atoms with Crippen molar-refractivity contribution < 1.29 is 4.79 Å². The lowest BCUT2D eigenvalue weighted by Crippen LogP contribution is -2.52. The van der Waals surface area contributed by atoms with Crippen LogP contribution in [-0.2, 0) is 4.79 Å². The second-order valence-electron chi connectivity index (χ2n) is 6.69. The van der Waals surface area contributed by atoms with Crippen LogP contribution in [-0.4, -0.2) is 43.5 Å². The largest absolute Gasteiger partial charge is 0.352 e. The summed E-state index contributed by atoms with van der Waals surface area (Å²) in [4.78, 5) is 14.1. The zero-order valence-electron chi connectivity index (χ0n) is 13.1. The zero-order valence-corrected chi connectivity index (χ0v) is 13.1. The van der Waals surface area contributed by atoms with Gasteiger partial charge in [-0.1, -0.05) is 27.7 Å². The third-order valence-electron chi connectivity index (χ3n) is 3.32. The highest BCUT2D eigenvalue weighted by molar-refractivity contribution is 5.81. The van der Waals surface area contributed by atoms with Gasteiger partial charge in [-0.25, -0.2) is 0 Å². The number of nitrogens with one attached hydrogen (secondary N) is 1. The number of nitrogens with two attached hydrogens (primary N) is 1. The molecule has 3 N–H and O–H groups in total. The van der Waals surface area contributed by atoms with Crippen LogP contribution in [0.5, 0.6) is 0 Å². The summed E-state index contributed by atoms with van der Waals surface area (Å²) in [6.07, 6.45) is 0.729. The highest BCUT2D eigenvalue weighted by Crippen LogP contribution is 2.21. The SMILES string of the molecule is CC(C)C[C@H](N)C(=O)NC(C)C(C)(C)CN(C)C. The van der Waals surface area contributed by atoms with Gasteiger partial charge in [-0.2, -0.15) is 0 Å². The first-order valence-electron chi connectivity index (χ1n) is 6.77. The van der Waals surface area contributed by atoms with Crippen molar-refractivity contribution in [1.82, 2.24) is 10.2 Å². The third-order valence-corrected chi connectivity index (χ3v) is 3.32. The first-order chi connectivity index (χ1) is 8.06. The van der Waals surface area contributed by atoms with Crippen LogP contribution in [0.4, 0.5) is 0 Å². The van der Waals surface area contributed by atoms with Crippen molar-refractivity contribution >= 4 is 5.91 Å². The van der Waals surface area contributed by atoms with E-state index in [0.29, 0.717) is 5.92 Å². The molecule has 0 fully saturated rings. The number of rotatable bonds is 7. The Bertz CT molecular complexity index is 262. The van der Waals surface area contributed by atoms with Crippen molar-refractivity contribution in [1.29, 1.82) is 0 Å². The molecule has 108 valence electrons. The van der Waals surface area contributed by atoms with Crippen LogP contribution in [0, 0.1) is 11.3 Å². The van der Waals surface area contributed by atoms with Gasteiger partial charge in [0.1, 0.15) is 0 Å². The molecule has 4 heteroatoms. The normalized spacial score (nSPS) is 15.9. The summed E-state index contributed by atoms with van der Waals surface area (Å²) in [5.41, 5.74) is 5.91. The van der Waals surface area contributed by atoms with Crippen molar-refractivity contribution in [3.63, 3.8) is 0 Å². The summed E-state index contributed by atoms with van der Waals surface area (Å²) in [7, 11) is 4.08. The molecule has 4 nitrogen and oxygen atoms in total. The van der Waals surface area contributed by atoms with Gasteiger partial charge in [0.25, 0.3) is 0 Å². The van der Waals surface area contributed by atoms with Crippen LogP contribution >= 0.6 is 0 Å². The van der Waals surface area contributed by atoms with Crippen molar-refractivity contribution in [3.8, 4) is 0 Å². The van der Waals surface area contributed by atoms with Crippen LogP contribution in [0.1, 0.15) is 41.0 Å². The monoisotopic (exact) mass is 257 g/mol. The highest BCUT2D eigenvalue weighted by atomic mass is 16.2. The standard InChI is InChI=1S/C14H31N3O/c1-10(2)8-12(15)13(18)16-11(3)14(4,5)9-17(6)7/h10-12H,8-9,15H2,1-7H3,(H,16,18)/t11?,12-/m0/s1. The maximum absolute atomic E-state index is 12.0. The van der Waals surface area contributed by atoms with Crippen LogP contribution in [0.3, 0.4) is 0 Å². The molecule has 0 aliphatic rings. The van der Waals surface area contributed by atoms with E-state index in [9.17, 15) is 4.79 Å². The summed E-state index contributed by atoms with van der Waals surface area (Å²) >= 11 is 0. The van der Waals surface area contributed by atoms with E-state index < -0.39 is 6.04 Å². The fourth-order valence-corrected chi connectivity index (χ4v) is 2.08. The lowest BCUT2D eigenvalue weighted by atomic mass is 9.84. The molecule has 0 spiro atoms. The van der Waals surface area contributed by atoms with Gasteiger partial charge in [0, 0.05) is 12.6 Å². The Labute approximate surface area is 112 Å². The topological polar surface area (TPSA) is 58.4 Å². The number of carbonyl (C=O) groups excluding carboxylic acids is 1. The molecule has 0 heterocycles. The number of amides is 1. The molecule has 0 aliphatic heterocycles. The van der Waals surface area contributed by atoms with E-state index in [0.717, 1.165) is 13.0 Å². The summed E-state index contributed by atoms with van der Waals surface area (Å²) in [5.74, 6) is 0.402. The Morgan fingerprint density at radius 3 is 2.17 bits per heavy atom. The zero-order chi connectivity index (χ0) is 14.5. The molecule has 0 saturated heterocycles. The highest BCUT2D eigenvalue weighted by Gasteiger charge is 2.29. The number of carbonyl (C=O) groups is 1. The summed E-state index contributed by atoms with van der Waals surface area (Å²) < 4.78 is 0. The van der Waals surface area contributed by atoms with Gasteiger partial charge < -0.3 is 16.0 Å². The summed E-state index contributed by atoms with van der Waals surface area (Å²) in [5, 5.41) is 3.04. The minimum absolute atomic E-state index is 0.0245. The smallest absolute Gasteiger partial charge is 0.237 e. The molecule has 0 saturated carbocycles. The van der Waals surface area contributed by atoms with Crippen molar-refractivity contribution in [2.24, 2.45) is 17.1 Å². The lowest BCUT2D eigenvalue weighted by molar-refractivity contribution is -0.124. The van der Waals surface area contributed by atoms with Gasteiger partial charge in [-0.15, -0.1) is 0 Å².